The van der Waals surface area contributed by atoms with Crippen LogP contribution in [0.1, 0.15) is 92.9 Å². The number of carbonyl (C=O) groups excluding carboxylic acids is 3. The number of unbranched alkanes of at least 4 members (excludes halogenated alkanes) is 5. The van der Waals surface area contributed by atoms with Crippen molar-refractivity contribution in [1.29, 1.82) is 0 Å². The normalized spacial score (nSPS) is 11.7. The summed E-state index contributed by atoms with van der Waals surface area (Å²) in [5.41, 5.74) is 4.01. The fourth-order valence-corrected chi connectivity index (χ4v) is 1.76. The molecule has 0 aromatic heterocycles. The third-order valence-electron chi connectivity index (χ3n) is 3.67. The first-order valence-corrected chi connectivity index (χ1v) is 11.4. The first-order valence-electron chi connectivity index (χ1n) is 11.4. The summed E-state index contributed by atoms with van der Waals surface area (Å²) in [5, 5.41) is 13.8. The summed E-state index contributed by atoms with van der Waals surface area (Å²) in [4.78, 5) is 31.4. The van der Waals surface area contributed by atoms with E-state index in [9.17, 15) is 14.4 Å². The maximum absolute atomic E-state index is 11.2. The summed E-state index contributed by atoms with van der Waals surface area (Å²) in [7, 11) is 3.20. The highest BCUT2D eigenvalue weighted by atomic mass is 16.6. The minimum Gasteiger partial charge on any atom is -0.444 e. The number of nitrogens with one attached hydrogen (secondary N) is 2. The van der Waals surface area contributed by atoms with Crippen molar-refractivity contribution in [3.8, 4) is 0 Å². The molecule has 0 saturated heterocycles. The zero-order valence-corrected chi connectivity index (χ0v) is 21.3. The molecule has 8 heteroatoms. The molecule has 0 radical (unpaired) electrons. The number of hydrogen-bond acceptors (Lipinski definition) is 7. The second-order valence-corrected chi connectivity index (χ2v) is 7.88. The van der Waals surface area contributed by atoms with Crippen LogP contribution in [-0.2, 0) is 14.3 Å². The maximum Gasteiger partial charge on any atom is 0.407 e. The van der Waals surface area contributed by atoms with Gasteiger partial charge in [0.05, 0.1) is 12.1 Å². The lowest BCUT2D eigenvalue weighted by Crippen LogP contribution is -2.36. The number of rotatable bonds is 12. The van der Waals surface area contributed by atoms with Gasteiger partial charge in [-0.2, -0.15) is 0 Å². The molecule has 0 spiro atoms. The molecular weight excluding hydrogens is 398 g/mol. The molecule has 2 unspecified atom stereocenters. The average Bonchev–Trinajstić information content (AvgIpc) is 2.72. The van der Waals surface area contributed by atoms with Crippen molar-refractivity contribution in [2.45, 2.75) is 111 Å². The van der Waals surface area contributed by atoms with E-state index in [4.69, 9.17) is 9.84 Å². The molecule has 0 aromatic rings. The van der Waals surface area contributed by atoms with Crippen molar-refractivity contribution in [3.63, 3.8) is 0 Å². The van der Waals surface area contributed by atoms with Crippen LogP contribution < -0.4 is 16.4 Å². The summed E-state index contributed by atoms with van der Waals surface area (Å²) in [6.45, 7) is 11.7. The van der Waals surface area contributed by atoms with Crippen LogP contribution in [0, 0.1) is 0 Å². The highest BCUT2D eigenvalue weighted by Gasteiger charge is 2.15. The fraction of sp³-hybridized carbons (Fsp3) is 0.870. The summed E-state index contributed by atoms with van der Waals surface area (Å²) >= 11 is 0. The monoisotopic (exact) mass is 449 g/mol. The van der Waals surface area contributed by atoms with E-state index >= 15 is 0 Å². The number of likely N-dealkylation sites (N-methyl/N-ethyl adjacent to an activating group) is 1. The third kappa shape index (κ3) is 43.3. The van der Waals surface area contributed by atoms with E-state index in [-0.39, 0.29) is 12.1 Å². The van der Waals surface area contributed by atoms with E-state index in [1.165, 1.54) is 32.7 Å². The summed E-state index contributed by atoms with van der Waals surface area (Å²) in [5.74, 6) is 0. The number of hydrogen-bond donors (Lipinski definition) is 4. The smallest absolute Gasteiger partial charge is 0.407 e. The van der Waals surface area contributed by atoms with E-state index in [2.05, 4.69) is 23.3 Å². The number of alkyl carbamates (subject to hydrolysis) is 1. The quantitative estimate of drug-likeness (QED) is 0.264. The molecule has 0 fully saturated rings. The molecule has 31 heavy (non-hydrogen) atoms. The molecule has 0 saturated carbocycles. The van der Waals surface area contributed by atoms with Gasteiger partial charge in [0, 0.05) is 13.0 Å². The van der Waals surface area contributed by atoms with Gasteiger partial charge in [0.1, 0.15) is 18.2 Å². The topological polar surface area (TPSA) is 131 Å². The summed E-state index contributed by atoms with van der Waals surface area (Å²) in [6.07, 6.45) is 9.63. The molecule has 0 heterocycles. The Morgan fingerprint density at radius 3 is 1.97 bits per heavy atom. The van der Waals surface area contributed by atoms with E-state index < -0.39 is 11.7 Å². The number of nitrogens with two attached hydrogens (primary N) is 1. The number of aliphatic hydroxyl groups excluding tert-OH is 1. The van der Waals surface area contributed by atoms with Crippen LogP contribution in [0.3, 0.4) is 0 Å². The Labute approximate surface area is 191 Å². The summed E-state index contributed by atoms with van der Waals surface area (Å²) < 4.78 is 5.03. The Morgan fingerprint density at radius 2 is 1.61 bits per heavy atom. The maximum atomic E-state index is 11.2. The predicted molar refractivity (Wildman–Crippen MR) is 129 cm³/mol. The molecule has 0 aliphatic heterocycles. The van der Waals surface area contributed by atoms with Crippen LogP contribution in [-0.4, -0.2) is 62.2 Å². The molecule has 2 atom stereocenters. The number of carbonyl (C=O) groups is 3. The first kappa shape index (κ1) is 36.8. The highest BCUT2D eigenvalue weighted by Crippen LogP contribution is 2.06. The Morgan fingerprint density at radius 1 is 1.10 bits per heavy atom. The molecule has 0 aromatic carbocycles. The Balaban J connectivity index is -0.000000193. The lowest BCUT2D eigenvalue weighted by Gasteiger charge is -2.20. The van der Waals surface area contributed by atoms with Crippen molar-refractivity contribution in [1.82, 2.24) is 10.6 Å². The SMILES string of the molecule is CCC(C)O.CCCCCCCC=O.CN.CNC(C=O)CCNC(=O)OC(C)(C)C. The fourth-order valence-electron chi connectivity index (χ4n) is 1.76. The van der Waals surface area contributed by atoms with Gasteiger partial charge in [0.2, 0.25) is 0 Å². The number of aldehydes is 2. The minimum absolute atomic E-state index is 0.116. The van der Waals surface area contributed by atoms with Gasteiger partial charge in [-0.15, -0.1) is 0 Å². The first-order chi connectivity index (χ1) is 14.6. The zero-order chi connectivity index (χ0) is 25.1. The second kappa shape index (κ2) is 28.5. The van der Waals surface area contributed by atoms with Crippen LogP contribution in [0.4, 0.5) is 4.79 Å². The molecule has 188 valence electrons. The van der Waals surface area contributed by atoms with Crippen LogP contribution >= 0.6 is 0 Å². The number of aliphatic hydroxyl groups is 1. The molecular formula is C23H51N3O5. The van der Waals surface area contributed by atoms with Crippen molar-refractivity contribution in [2.75, 3.05) is 20.6 Å². The molecule has 1 amide bonds. The second-order valence-electron chi connectivity index (χ2n) is 7.88. The van der Waals surface area contributed by atoms with Crippen molar-refractivity contribution in [2.24, 2.45) is 5.73 Å². The third-order valence-corrected chi connectivity index (χ3v) is 3.67. The van der Waals surface area contributed by atoms with Gasteiger partial charge < -0.3 is 35.8 Å². The highest BCUT2D eigenvalue weighted by molar-refractivity contribution is 5.67. The molecule has 0 aliphatic carbocycles. The van der Waals surface area contributed by atoms with Gasteiger partial charge in [0.15, 0.2) is 0 Å². The Kier molecular flexibility index (Phi) is 33.9. The molecule has 5 N–H and O–H groups in total. The molecule has 0 bridgehead atoms. The van der Waals surface area contributed by atoms with E-state index in [1.807, 2.05) is 6.92 Å². The van der Waals surface area contributed by atoms with Gasteiger partial charge in [-0.05, 0) is 61.1 Å². The van der Waals surface area contributed by atoms with E-state index in [1.54, 1.807) is 34.7 Å². The standard InChI is InChI=1S/C10H20N2O3.C8H16O.C4H10O.CH5N/c1-10(2,3)15-9(14)12-6-5-8(7-13)11-4;1-2-3-4-5-6-7-8-9;1-3-4(2)5;1-2/h7-8,11H,5-6H2,1-4H3,(H,12,14);8H,2-7H2,1H3;4-5H,3H2,1-2H3;2H2,1H3. The van der Waals surface area contributed by atoms with Gasteiger partial charge >= 0.3 is 6.09 Å². The lowest BCUT2D eigenvalue weighted by atomic mass is 10.1. The largest absolute Gasteiger partial charge is 0.444 e. The van der Waals surface area contributed by atoms with Gasteiger partial charge in [0.25, 0.3) is 0 Å². The molecule has 0 aliphatic rings. The van der Waals surface area contributed by atoms with Crippen molar-refractivity contribution < 1.29 is 24.2 Å². The number of ether oxygens (including phenoxy) is 1. The van der Waals surface area contributed by atoms with Crippen molar-refractivity contribution >= 4 is 18.7 Å². The van der Waals surface area contributed by atoms with Gasteiger partial charge in [-0.25, -0.2) is 4.79 Å². The average molecular weight is 450 g/mol. The van der Waals surface area contributed by atoms with Crippen molar-refractivity contribution in [3.05, 3.63) is 0 Å². The molecule has 8 nitrogen and oxygen atoms in total. The van der Waals surface area contributed by atoms with E-state index in [0.29, 0.717) is 13.0 Å². The van der Waals surface area contributed by atoms with Gasteiger partial charge in [-0.1, -0.05) is 39.5 Å². The Bertz CT molecular complexity index is 386. The Hall–Kier alpha value is -1.51. The van der Waals surface area contributed by atoms with Gasteiger partial charge in [-0.3, -0.25) is 0 Å². The molecule has 0 rings (SSSR count). The van der Waals surface area contributed by atoms with Crippen LogP contribution in [0.2, 0.25) is 0 Å². The zero-order valence-electron chi connectivity index (χ0n) is 21.3. The lowest BCUT2D eigenvalue weighted by molar-refractivity contribution is -0.109. The summed E-state index contributed by atoms with van der Waals surface area (Å²) in [6, 6.07) is -0.222. The predicted octanol–water partition coefficient (Wildman–Crippen LogP) is 3.59. The van der Waals surface area contributed by atoms with Crippen LogP contribution in [0.25, 0.3) is 0 Å². The van der Waals surface area contributed by atoms with Crippen LogP contribution in [0.5, 0.6) is 0 Å². The van der Waals surface area contributed by atoms with E-state index in [0.717, 1.165) is 31.8 Å². The minimum atomic E-state index is -0.489. The number of amides is 1. The van der Waals surface area contributed by atoms with Crippen LogP contribution in [0.15, 0.2) is 0 Å².